The average molecular weight is 369 g/mol. The van der Waals surface area contributed by atoms with E-state index < -0.39 is 15.8 Å². The number of rotatable bonds is 6. The van der Waals surface area contributed by atoms with Crippen molar-refractivity contribution in [3.05, 3.63) is 58.6 Å². The molecule has 0 heterocycles. The van der Waals surface area contributed by atoms with Crippen LogP contribution in [0.1, 0.15) is 15.9 Å². The van der Waals surface area contributed by atoms with Crippen LogP contribution in [0.3, 0.4) is 0 Å². The summed E-state index contributed by atoms with van der Waals surface area (Å²) < 4.78 is 33.8. The highest BCUT2D eigenvalue weighted by Crippen LogP contribution is 2.23. The van der Waals surface area contributed by atoms with Gasteiger partial charge in [0.1, 0.15) is 19.0 Å². The third-order valence-electron chi connectivity index (χ3n) is 3.14. The average Bonchev–Trinajstić information content (AvgIpc) is 2.50. The van der Waals surface area contributed by atoms with Crippen LogP contribution < -0.4 is 4.74 Å². The first-order valence-electron chi connectivity index (χ1n) is 7.13. The summed E-state index contributed by atoms with van der Waals surface area (Å²) in [7, 11) is -3.52. The maximum Gasteiger partial charge on any atom is 0.338 e. The van der Waals surface area contributed by atoms with Crippen LogP contribution in [0.25, 0.3) is 0 Å². The van der Waals surface area contributed by atoms with E-state index in [1.54, 1.807) is 0 Å². The summed E-state index contributed by atoms with van der Waals surface area (Å²) in [6.45, 7) is 2.19. The van der Waals surface area contributed by atoms with E-state index >= 15 is 0 Å². The van der Waals surface area contributed by atoms with Gasteiger partial charge in [0.05, 0.1) is 15.5 Å². The highest BCUT2D eigenvalue weighted by molar-refractivity contribution is 7.90. The molecule has 5 nitrogen and oxygen atoms in total. The minimum absolute atomic E-state index is 0.0452. The number of aryl methyl sites for hydroxylation is 1. The summed E-state index contributed by atoms with van der Waals surface area (Å²) in [5.41, 5.74) is 1.19. The lowest BCUT2D eigenvalue weighted by molar-refractivity contribution is 0.0450. The molecule has 0 saturated heterocycles. The Morgan fingerprint density at radius 2 is 1.88 bits per heavy atom. The molecular weight excluding hydrogens is 352 g/mol. The van der Waals surface area contributed by atoms with Crippen LogP contribution >= 0.6 is 11.6 Å². The van der Waals surface area contributed by atoms with Gasteiger partial charge in [0, 0.05) is 6.26 Å². The molecule has 0 aliphatic carbocycles. The molecule has 2 aromatic rings. The summed E-state index contributed by atoms with van der Waals surface area (Å²) in [6.07, 6.45) is 1.03. The molecule has 0 saturated carbocycles. The molecule has 2 aromatic carbocycles. The van der Waals surface area contributed by atoms with Gasteiger partial charge in [-0.3, -0.25) is 0 Å². The third kappa shape index (κ3) is 4.97. The zero-order chi connectivity index (χ0) is 17.7. The monoisotopic (exact) mass is 368 g/mol. The van der Waals surface area contributed by atoms with Gasteiger partial charge in [-0.05, 0) is 42.8 Å². The molecule has 0 unspecified atom stereocenters. The first kappa shape index (κ1) is 18.3. The lowest BCUT2D eigenvalue weighted by Crippen LogP contribution is -2.13. The van der Waals surface area contributed by atoms with Gasteiger partial charge in [-0.15, -0.1) is 0 Å². The van der Waals surface area contributed by atoms with Crippen molar-refractivity contribution < 1.29 is 22.7 Å². The minimum Gasteiger partial charge on any atom is -0.490 e. The van der Waals surface area contributed by atoms with Gasteiger partial charge < -0.3 is 9.47 Å². The van der Waals surface area contributed by atoms with Crippen molar-refractivity contribution in [2.24, 2.45) is 0 Å². The van der Waals surface area contributed by atoms with E-state index in [0.29, 0.717) is 5.75 Å². The summed E-state index contributed by atoms with van der Waals surface area (Å²) in [6, 6.07) is 11.5. The van der Waals surface area contributed by atoms with Gasteiger partial charge in [0.25, 0.3) is 0 Å². The van der Waals surface area contributed by atoms with Crippen molar-refractivity contribution in [2.45, 2.75) is 11.8 Å². The van der Waals surface area contributed by atoms with Crippen LogP contribution in [0.15, 0.2) is 47.4 Å². The Kier molecular flexibility index (Phi) is 5.85. The fourth-order valence-electron chi connectivity index (χ4n) is 2.00. The van der Waals surface area contributed by atoms with Crippen LogP contribution in [0, 0.1) is 6.92 Å². The first-order chi connectivity index (χ1) is 11.3. The van der Waals surface area contributed by atoms with Gasteiger partial charge >= 0.3 is 5.97 Å². The maximum atomic E-state index is 12.0. The van der Waals surface area contributed by atoms with Crippen molar-refractivity contribution in [2.75, 3.05) is 19.5 Å². The SMILES string of the molecule is Cc1cccc(OCCOC(=O)c2ccc(Cl)c(S(C)(=O)=O)c2)c1. The Morgan fingerprint density at radius 1 is 1.12 bits per heavy atom. The highest BCUT2D eigenvalue weighted by atomic mass is 35.5. The quantitative estimate of drug-likeness (QED) is 0.578. The molecule has 0 radical (unpaired) electrons. The number of hydrogen-bond donors (Lipinski definition) is 0. The summed E-state index contributed by atoms with van der Waals surface area (Å²) in [5, 5.41) is 0.0665. The minimum atomic E-state index is -3.52. The summed E-state index contributed by atoms with van der Waals surface area (Å²) >= 11 is 5.84. The number of esters is 1. The third-order valence-corrected chi connectivity index (χ3v) is 4.72. The second-order valence-corrected chi connectivity index (χ2v) is 7.61. The summed E-state index contributed by atoms with van der Waals surface area (Å²) in [5.74, 6) is 0.0568. The first-order valence-corrected chi connectivity index (χ1v) is 9.40. The van der Waals surface area contributed by atoms with Crippen LogP contribution in [-0.4, -0.2) is 33.9 Å². The van der Waals surface area contributed by atoms with E-state index in [2.05, 4.69) is 0 Å². The van der Waals surface area contributed by atoms with Crippen LogP contribution in [0.2, 0.25) is 5.02 Å². The molecule has 0 aliphatic heterocycles. The number of carbonyl (C=O) groups excluding carboxylic acids is 1. The second kappa shape index (κ2) is 7.68. The fraction of sp³-hybridized carbons (Fsp3) is 0.235. The Labute approximate surface area is 146 Å². The van der Waals surface area contributed by atoms with Crippen molar-refractivity contribution in [3.8, 4) is 5.75 Å². The Hall–Kier alpha value is -2.05. The predicted molar refractivity (Wildman–Crippen MR) is 91.5 cm³/mol. The van der Waals surface area contributed by atoms with Crippen molar-refractivity contribution >= 4 is 27.4 Å². The van der Waals surface area contributed by atoms with Gasteiger partial charge in [0.2, 0.25) is 0 Å². The molecule has 2 rings (SSSR count). The molecule has 0 fully saturated rings. The van der Waals surface area contributed by atoms with Crippen LogP contribution in [-0.2, 0) is 14.6 Å². The molecule has 0 aromatic heterocycles. The van der Waals surface area contributed by atoms with E-state index in [1.165, 1.54) is 18.2 Å². The molecule has 128 valence electrons. The zero-order valence-corrected chi connectivity index (χ0v) is 14.9. The van der Waals surface area contributed by atoms with E-state index in [-0.39, 0.29) is 28.7 Å². The van der Waals surface area contributed by atoms with Crippen molar-refractivity contribution in [1.82, 2.24) is 0 Å². The van der Waals surface area contributed by atoms with Crippen molar-refractivity contribution in [1.29, 1.82) is 0 Å². The molecule has 0 amide bonds. The van der Waals surface area contributed by atoms with Gasteiger partial charge in [-0.2, -0.15) is 0 Å². The number of sulfone groups is 1. The Morgan fingerprint density at radius 3 is 2.54 bits per heavy atom. The van der Waals surface area contributed by atoms with E-state index in [0.717, 1.165) is 11.8 Å². The zero-order valence-electron chi connectivity index (χ0n) is 13.3. The van der Waals surface area contributed by atoms with Gasteiger partial charge in [0.15, 0.2) is 9.84 Å². The van der Waals surface area contributed by atoms with E-state index in [1.807, 2.05) is 31.2 Å². The molecule has 0 N–H and O–H groups in total. The number of carbonyl (C=O) groups is 1. The van der Waals surface area contributed by atoms with Gasteiger partial charge in [-0.1, -0.05) is 23.7 Å². The topological polar surface area (TPSA) is 69.7 Å². The van der Waals surface area contributed by atoms with E-state index in [4.69, 9.17) is 21.1 Å². The Balaban J connectivity index is 1.93. The standard InChI is InChI=1S/C17H17ClO5S/c1-12-4-3-5-14(10-12)22-8-9-23-17(19)13-6-7-15(18)16(11-13)24(2,20)21/h3-7,10-11H,8-9H2,1-2H3. The molecule has 24 heavy (non-hydrogen) atoms. The highest BCUT2D eigenvalue weighted by Gasteiger charge is 2.16. The molecule has 0 atom stereocenters. The fourth-order valence-corrected chi connectivity index (χ4v) is 3.30. The maximum absolute atomic E-state index is 12.0. The molecule has 0 bridgehead atoms. The number of hydrogen-bond acceptors (Lipinski definition) is 5. The van der Waals surface area contributed by atoms with Crippen LogP contribution in [0.5, 0.6) is 5.75 Å². The molecule has 0 aliphatic rings. The molecule has 0 spiro atoms. The van der Waals surface area contributed by atoms with Gasteiger partial charge in [-0.25, -0.2) is 13.2 Å². The van der Waals surface area contributed by atoms with E-state index in [9.17, 15) is 13.2 Å². The Bertz CT molecular complexity index is 846. The second-order valence-electron chi connectivity index (χ2n) is 5.22. The normalized spacial score (nSPS) is 11.1. The smallest absolute Gasteiger partial charge is 0.338 e. The summed E-state index contributed by atoms with van der Waals surface area (Å²) in [4.78, 5) is 11.9. The lowest BCUT2D eigenvalue weighted by Gasteiger charge is -2.09. The molecule has 7 heteroatoms. The number of ether oxygens (including phenoxy) is 2. The van der Waals surface area contributed by atoms with Crippen molar-refractivity contribution in [3.63, 3.8) is 0 Å². The predicted octanol–water partition coefficient (Wildman–Crippen LogP) is 3.29. The largest absolute Gasteiger partial charge is 0.490 e. The van der Waals surface area contributed by atoms with Crippen LogP contribution in [0.4, 0.5) is 0 Å². The molecular formula is C17H17ClO5S. The number of halogens is 1. The number of benzene rings is 2. The lowest BCUT2D eigenvalue weighted by atomic mass is 10.2.